The molecule has 0 spiro atoms. The van der Waals surface area contributed by atoms with E-state index in [0.717, 1.165) is 74.0 Å². The average Bonchev–Trinajstić information content (AvgIpc) is 3.95. The largest absolute Gasteiger partial charge is 0.368 e. The smallest absolute Gasteiger partial charge is 0.264 e. The fourth-order valence-electron chi connectivity index (χ4n) is 7.99. The van der Waals surface area contributed by atoms with Crippen LogP contribution in [0.25, 0.3) is 5.00 Å². The van der Waals surface area contributed by atoms with Crippen LogP contribution in [0.5, 0.6) is 0 Å². The van der Waals surface area contributed by atoms with Gasteiger partial charge in [0, 0.05) is 61.5 Å². The number of piperazine rings is 1. The lowest BCUT2D eigenvalue weighted by Gasteiger charge is -2.36. The third kappa shape index (κ3) is 6.53. The lowest BCUT2D eigenvalue weighted by Crippen LogP contribution is -2.54. The molecule has 0 radical (unpaired) electrons. The van der Waals surface area contributed by atoms with Gasteiger partial charge in [0.15, 0.2) is 5.82 Å². The summed E-state index contributed by atoms with van der Waals surface area (Å²) in [6, 6.07) is 11.8. The topological polar surface area (TPSA) is 151 Å². The first-order valence-electron chi connectivity index (χ1n) is 18.8. The van der Waals surface area contributed by atoms with Crippen molar-refractivity contribution in [3.05, 3.63) is 110 Å². The summed E-state index contributed by atoms with van der Waals surface area (Å²) in [6.45, 7) is 10.4. The molecule has 0 aliphatic carbocycles. The molecule has 57 heavy (non-hydrogen) atoms. The number of rotatable bonds is 6. The number of nitrogens with zero attached hydrogens (tertiary/aromatic N) is 9. The Morgan fingerprint density at radius 3 is 2.49 bits per heavy atom. The number of imide groups is 2. The third-order valence-electron chi connectivity index (χ3n) is 11.0. The summed E-state index contributed by atoms with van der Waals surface area (Å²) >= 11 is 7.85. The zero-order chi connectivity index (χ0) is 39.5. The van der Waals surface area contributed by atoms with E-state index in [0.29, 0.717) is 35.9 Å². The molecule has 4 aliphatic heterocycles. The number of hydrogen-bond donors (Lipinski definition) is 1. The number of piperidine rings is 1. The van der Waals surface area contributed by atoms with Gasteiger partial charge in [0.2, 0.25) is 11.8 Å². The number of thiophene rings is 1. The predicted octanol–water partition coefficient (Wildman–Crippen LogP) is 4.33. The molecule has 1 unspecified atom stereocenters. The van der Waals surface area contributed by atoms with Crippen molar-refractivity contribution in [2.45, 2.75) is 52.2 Å². The first-order valence-corrected chi connectivity index (χ1v) is 20.0. The number of carbonyl (C=O) groups excluding carboxylic acids is 4. The van der Waals surface area contributed by atoms with Crippen molar-refractivity contribution in [2.24, 2.45) is 4.99 Å². The molecule has 0 bridgehead atoms. The predicted molar refractivity (Wildman–Crippen MR) is 214 cm³/mol. The Bertz CT molecular complexity index is 2590. The summed E-state index contributed by atoms with van der Waals surface area (Å²) in [5, 5.41) is 17.4. The first kappa shape index (κ1) is 36.7. The summed E-state index contributed by atoms with van der Waals surface area (Å²) in [5.74, 6) is 6.33. The quantitative estimate of drug-likeness (QED) is 0.196. The third-order valence-corrected chi connectivity index (χ3v) is 12.4. The Morgan fingerprint density at radius 1 is 0.930 bits per heavy atom. The van der Waals surface area contributed by atoms with Gasteiger partial charge in [0.05, 0.1) is 45.7 Å². The Labute approximate surface area is 337 Å². The van der Waals surface area contributed by atoms with E-state index >= 15 is 0 Å². The second-order valence-corrected chi connectivity index (χ2v) is 16.0. The van der Waals surface area contributed by atoms with Crippen LogP contribution in [0.4, 0.5) is 5.69 Å². The van der Waals surface area contributed by atoms with Gasteiger partial charge in [0.1, 0.15) is 22.9 Å². The number of nitrogens with one attached hydrogen (secondary N) is 1. The molecule has 2 fully saturated rings. The molecule has 9 rings (SSSR count). The fraction of sp³-hybridized carbons (Fsp3) is 0.317. The van der Waals surface area contributed by atoms with Crippen LogP contribution in [0.2, 0.25) is 5.02 Å². The van der Waals surface area contributed by atoms with Crippen molar-refractivity contribution in [3.63, 3.8) is 0 Å². The maximum atomic E-state index is 13.6. The molecule has 5 aromatic rings. The molecule has 4 aliphatic rings. The Balaban J connectivity index is 0.864. The molecule has 14 nitrogen and oxygen atoms in total. The van der Waals surface area contributed by atoms with E-state index in [1.54, 1.807) is 29.7 Å². The van der Waals surface area contributed by atoms with Crippen LogP contribution in [0, 0.1) is 25.7 Å². The number of aryl methyl sites for hydroxylation is 1. The summed E-state index contributed by atoms with van der Waals surface area (Å²) < 4.78 is 4.00. The molecule has 2 atom stereocenters. The highest BCUT2D eigenvalue weighted by atomic mass is 35.5. The van der Waals surface area contributed by atoms with Gasteiger partial charge in [-0.25, -0.2) is 0 Å². The van der Waals surface area contributed by atoms with Crippen LogP contribution in [-0.4, -0.2) is 102 Å². The second kappa shape index (κ2) is 14.5. The monoisotopic (exact) mass is 800 g/mol. The zero-order valence-corrected chi connectivity index (χ0v) is 33.0. The fourth-order valence-corrected chi connectivity index (χ4v) is 9.34. The summed E-state index contributed by atoms with van der Waals surface area (Å²) in [7, 11) is 0. The minimum absolute atomic E-state index is 0.0805. The van der Waals surface area contributed by atoms with Crippen LogP contribution < -0.4 is 10.2 Å². The van der Waals surface area contributed by atoms with Gasteiger partial charge in [-0.2, -0.15) is 5.10 Å². The molecule has 2 saturated heterocycles. The van der Waals surface area contributed by atoms with Crippen LogP contribution in [0.1, 0.15) is 85.3 Å². The average molecular weight is 801 g/mol. The number of aliphatic imine (C=N–C) groups is 1. The van der Waals surface area contributed by atoms with E-state index in [2.05, 4.69) is 53.7 Å². The molecule has 2 aromatic carbocycles. The SMILES string of the molecule is Cc1c(C#Cc2cnn(CCN3CCN(c4cccc5c4C(=O)N(C4CCC(=O)NC4=O)C5=O)CC3)c2)sc2c1C(c1ccc(Cl)cc1)=N[C@@H](C)c1nnc(C)n1-2. The number of carbonyl (C=O) groups is 4. The Kier molecular flexibility index (Phi) is 9.35. The van der Waals surface area contributed by atoms with Gasteiger partial charge in [-0.05, 0) is 57.0 Å². The van der Waals surface area contributed by atoms with Crippen LogP contribution in [-0.2, 0) is 16.1 Å². The highest BCUT2D eigenvalue weighted by Crippen LogP contribution is 2.39. The van der Waals surface area contributed by atoms with Crippen molar-refractivity contribution in [1.82, 2.24) is 39.7 Å². The van der Waals surface area contributed by atoms with Gasteiger partial charge < -0.3 is 4.90 Å². The van der Waals surface area contributed by atoms with E-state index in [9.17, 15) is 19.2 Å². The van der Waals surface area contributed by atoms with E-state index in [4.69, 9.17) is 16.6 Å². The van der Waals surface area contributed by atoms with Crippen LogP contribution in [0.15, 0.2) is 59.9 Å². The molecule has 7 heterocycles. The number of fused-ring (bicyclic) bond motifs is 4. The molecular weight excluding hydrogens is 764 g/mol. The van der Waals surface area contributed by atoms with Crippen molar-refractivity contribution >= 4 is 58.0 Å². The summed E-state index contributed by atoms with van der Waals surface area (Å²) in [6.07, 6.45) is 3.95. The lowest BCUT2D eigenvalue weighted by molar-refractivity contribution is -0.136. The zero-order valence-electron chi connectivity index (χ0n) is 31.5. The maximum absolute atomic E-state index is 13.6. The highest BCUT2D eigenvalue weighted by Gasteiger charge is 2.46. The number of hydrogen-bond acceptors (Lipinski definition) is 11. The second-order valence-electron chi connectivity index (χ2n) is 14.6. The minimum atomic E-state index is -0.996. The van der Waals surface area contributed by atoms with Crippen molar-refractivity contribution in [3.8, 4) is 16.8 Å². The molecule has 3 aromatic heterocycles. The molecule has 16 heteroatoms. The van der Waals surface area contributed by atoms with Gasteiger partial charge in [0.25, 0.3) is 11.8 Å². The maximum Gasteiger partial charge on any atom is 0.264 e. The van der Waals surface area contributed by atoms with Crippen molar-refractivity contribution in [2.75, 3.05) is 37.6 Å². The molecular formula is C41H37ClN10O4S. The Hall–Kier alpha value is -5.95. The first-order chi connectivity index (χ1) is 27.5. The van der Waals surface area contributed by atoms with Gasteiger partial charge >= 0.3 is 0 Å². The van der Waals surface area contributed by atoms with E-state index in [-0.39, 0.29) is 24.4 Å². The van der Waals surface area contributed by atoms with Crippen LogP contribution >= 0.6 is 22.9 Å². The number of amides is 4. The molecule has 4 amide bonds. The lowest BCUT2D eigenvalue weighted by atomic mass is 9.99. The number of halogens is 1. The number of anilines is 1. The molecule has 288 valence electrons. The highest BCUT2D eigenvalue weighted by molar-refractivity contribution is 7.15. The van der Waals surface area contributed by atoms with E-state index in [1.165, 1.54) is 0 Å². The summed E-state index contributed by atoms with van der Waals surface area (Å²) in [5.41, 5.74) is 6.02. The standard InChI is InChI=1S/C41H37ClN10O4S/c1-23-32(57-41-34(23)36(27-8-10-28(42)11-9-27)44-24(2)37-47-46-25(3)51(37)41)13-7-26-21-43-50(22-26)20-17-48-15-18-49(19-16-48)30-6-4-5-29-35(30)40(56)52(39(29)55)31-12-14-33(53)45-38(31)54/h4-6,8-11,21-22,24,31H,12,14-20H2,1-3H3,(H,45,53,54)/t24-,31?/m0/s1. The summed E-state index contributed by atoms with van der Waals surface area (Å²) in [4.78, 5) is 62.8. The number of aromatic nitrogens is 5. The number of benzene rings is 2. The van der Waals surface area contributed by atoms with E-state index in [1.807, 2.05) is 55.1 Å². The van der Waals surface area contributed by atoms with Crippen molar-refractivity contribution in [1.29, 1.82) is 0 Å². The normalized spacial score (nSPS) is 19.4. The molecule has 0 saturated carbocycles. The van der Waals surface area contributed by atoms with Gasteiger partial charge in [-0.15, -0.1) is 21.5 Å². The minimum Gasteiger partial charge on any atom is -0.368 e. The van der Waals surface area contributed by atoms with Gasteiger partial charge in [-0.1, -0.05) is 41.6 Å². The van der Waals surface area contributed by atoms with Gasteiger partial charge in [-0.3, -0.25) is 48.5 Å². The van der Waals surface area contributed by atoms with Crippen LogP contribution in [0.3, 0.4) is 0 Å². The molecule has 1 N–H and O–H groups in total. The van der Waals surface area contributed by atoms with E-state index < -0.39 is 29.7 Å². The van der Waals surface area contributed by atoms with Crippen molar-refractivity contribution < 1.29 is 19.2 Å². The Morgan fingerprint density at radius 2 is 1.72 bits per heavy atom.